The van der Waals surface area contributed by atoms with Crippen LogP contribution in [0.4, 0.5) is 5.69 Å². The fraction of sp³-hybridized carbons (Fsp3) is 0.625. The van der Waals surface area contributed by atoms with Crippen LogP contribution in [0.15, 0.2) is 12.4 Å². The zero-order valence-corrected chi connectivity index (χ0v) is 8.21. The largest absolute Gasteiger partial charge is 0.380 e. The fourth-order valence-corrected chi connectivity index (χ4v) is 1.13. The first kappa shape index (κ1) is 10.6. The number of rotatable bonds is 5. The van der Waals surface area contributed by atoms with E-state index < -0.39 is 4.92 Å². The number of methoxy groups -OCH3 is 1. The Morgan fingerprint density at radius 1 is 1.79 bits per heavy atom. The van der Waals surface area contributed by atoms with Crippen molar-refractivity contribution in [3.05, 3.63) is 22.5 Å². The van der Waals surface area contributed by atoms with Gasteiger partial charge in [-0.25, -0.2) is 0 Å². The first-order valence-corrected chi connectivity index (χ1v) is 4.37. The lowest BCUT2D eigenvalue weighted by Crippen LogP contribution is -2.17. The molecule has 6 heteroatoms. The van der Waals surface area contributed by atoms with Gasteiger partial charge in [-0.1, -0.05) is 6.92 Å². The van der Waals surface area contributed by atoms with E-state index >= 15 is 0 Å². The van der Waals surface area contributed by atoms with Crippen molar-refractivity contribution in [3.63, 3.8) is 0 Å². The molecule has 0 saturated heterocycles. The molecule has 1 unspecified atom stereocenters. The Morgan fingerprint density at radius 3 is 2.93 bits per heavy atom. The van der Waals surface area contributed by atoms with Crippen LogP contribution in [0.25, 0.3) is 0 Å². The van der Waals surface area contributed by atoms with Crippen molar-refractivity contribution in [2.75, 3.05) is 7.11 Å². The van der Waals surface area contributed by atoms with Crippen LogP contribution in [-0.4, -0.2) is 27.9 Å². The molecule has 78 valence electrons. The van der Waals surface area contributed by atoms with Gasteiger partial charge in [0, 0.05) is 7.11 Å². The first-order chi connectivity index (χ1) is 6.67. The topological polar surface area (TPSA) is 70.2 Å². The second kappa shape index (κ2) is 4.71. The molecule has 1 atom stereocenters. The van der Waals surface area contributed by atoms with Crippen molar-refractivity contribution < 1.29 is 9.66 Å². The second-order valence-corrected chi connectivity index (χ2v) is 2.94. The number of hydrogen-bond acceptors (Lipinski definition) is 4. The molecule has 0 N–H and O–H groups in total. The van der Waals surface area contributed by atoms with E-state index in [1.165, 1.54) is 17.1 Å². The Labute approximate surface area is 81.6 Å². The number of aromatic nitrogens is 2. The molecule has 0 aromatic carbocycles. The van der Waals surface area contributed by atoms with Gasteiger partial charge in [0.15, 0.2) is 0 Å². The molecule has 1 aromatic rings. The van der Waals surface area contributed by atoms with Gasteiger partial charge in [-0.3, -0.25) is 14.8 Å². The Bertz CT molecular complexity index is 307. The van der Waals surface area contributed by atoms with Gasteiger partial charge in [-0.2, -0.15) is 5.10 Å². The molecule has 0 amide bonds. The van der Waals surface area contributed by atoms with Crippen LogP contribution in [-0.2, 0) is 11.3 Å². The van der Waals surface area contributed by atoms with E-state index in [1.807, 2.05) is 6.92 Å². The number of nitro groups is 1. The van der Waals surface area contributed by atoms with Crippen molar-refractivity contribution in [2.45, 2.75) is 26.0 Å². The molecule has 0 fully saturated rings. The molecule has 1 heterocycles. The van der Waals surface area contributed by atoms with Crippen molar-refractivity contribution in [1.29, 1.82) is 0 Å². The zero-order valence-electron chi connectivity index (χ0n) is 8.21. The molecule has 0 radical (unpaired) electrons. The Morgan fingerprint density at radius 2 is 2.50 bits per heavy atom. The summed E-state index contributed by atoms with van der Waals surface area (Å²) in [5, 5.41) is 14.2. The third-order valence-electron chi connectivity index (χ3n) is 2.01. The fourth-order valence-electron chi connectivity index (χ4n) is 1.13. The van der Waals surface area contributed by atoms with E-state index in [4.69, 9.17) is 4.74 Å². The third-order valence-corrected chi connectivity index (χ3v) is 2.01. The van der Waals surface area contributed by atoms with Gasteiger partial charge in [0.2, 0.25) is 0 Å². The molecule has 0 bridgehead atoms. The highest BCUT2D eigenvalue weighted by Crippen LogP contribution is 2.09. The number of hydrogen-bond donors (Lipinski definition) is 0. The maximum atomic E-state index is 10.4. The molecule has 1 rings (SSSR count). The summed E-state index contributed by atoms with van der Waals surface area (Å²) in [5.74, 6) is 0. The highest BCUT2D eigenvalue weighted by Gasteiger charge is 2.11. The summed E-state index contributed by atoms with van der Waals surface area (Å²) >= 11 is 0. The average molecular weight is 199 g/mol. The summed E-state index contributed by atoms with van der Waals surface area (Å²) < 4.78 is 6.67. The van der Waals surface area contributed by atoms with Gasteiger partial charge in [-0.05, 0) is 6.42 Å². The van der Waals surface area contributed by atoms with Crippen LogP contribution >= 0.6 is 0 Å². The van der Waals surface area contributed by atoms with Gasteiger partial charge in [0.1, 0.15) is 12.4 Å². The second-order valence-electron chi connectivity index (χ2n) is 2.94. The van der Waals surface area contributed by atoms with Crippen molar-refractivity contribution >= 4 is 5.69 Å². The van der Waals surface area contributed by atoms with E-state index in [9.17, 15) is 10.1 Å². The molecule has 0 saturated carbocycles. The molecule has 0 aliphatic rings. The minimum absolute atomic E-state index is 0.0101. The first-order valence-electron chi connectivity index (χ1n) is 4.37. The van der Waals surface area contributed by atoms with Gasteiger partial charge in [0.05, 0.1) is 17.6 Å². The molecule has 0 spiro atoms. The normalized spacial score (nSPS) is 12.7. The van der Waals surface area contributed by atoms with E-state index in [-0.39, 0.29) is 11.8 Å². The van der Waals surface area contributed by atoms with Gasteiger partial charge in [-0.15, -0.1) is 0 Å². The number of ether oxygens (including phenoxy) is 1. The average Bonchev–Trinajstić information content (AvgIpc) is 2.62. The van der Waals surface area contributed by atoms with E-state index in [0.29, 0.717) is 6.54 Å². The highest BCUT2D eigenvalue weighted by atomic mass is 16.6. The zero-order chi connectivity index (χ0) is 10.6. The predicted molar refractivity (Wildman–Crippen MR) is 50.0 cm³/mol. The summed E-state index contributed by atoms with van der Waals surface area (Å²) in [4.78, 5) is 9.90. The van der Waals surface area contributed by atoms with Crippen LogP contribution in [0.1, 0.15) is 13.3 Å². The van der Waals surface area contributed by atoms with Gasteiger partial charge >= 0.3 is 5.69 Å². The van der Waals surface area contributed by atoms with Crippen LogP contribution in [0.2, 0.25) is 0 Å². The summed E-state index contributed by atoms with van der Waals surface area (Å²) in [6.07, 6.45) is 3.54. The molecular formula is C8H13N3O3. The lowest BCUT2D eigenvalue weighted by molar-refractivity contribution is -0.385. The van der Waals surface area contributed by atoms with E-state index in [2.05, 4.69) is 5.10 Å². The molecule has 6 nitrogen and oxygen atoms in total. The summed E-state index contributed by atoms with van der Waals surface area (Å²) in [6.45, 7) is 2.53. The molecule has 0 aliphatic heterocycles. The molecule has 14 heavy (non-hydrogen) atoms. The molecule has 1 aromatic heterocycles. The van der Waals surface area contributed by atoms with Crippen LogP contribution in [0, 0.1) is 10.1 Å². The Balaban J connectivity index is 2.63. The summed E-state index contributed by atoms with van der Waals surface area (Å²) in [6, 6.07) is 0. The van der Waals surface area contributed by atoms with Crippen molar-refractivity contribution in [3.8, 4) is 0 Å². The maximum Gasteiger partial charge on any atom is 0.306 e. The van der Waals surface area contributed by atoms with Crippen LogP contribution in [0.3, 0.4) is 0 Å². The van der Waals surface area contributed by atoms with Gasteiger partial charge < -0.3 is 4.74 Å². The monoisotopic (exact) mass is 199 g/mol. The molecular weight excluding hydrogens is 186 g/mol. The Hall–Kier alpha value is -1.43. The smallest absolute Gasteiger partial charge is 0.306 e. The van der Waals surface area contributed by atoms with E-state index in [1.54, 1.807) is 7.11 Å². The Kier molecular flexibility index (Phi) is 3.58. The lowest BCUT2D eigenvalue weighted by Gasteiger charge is -2.11. The lowest BCUT2D eigenvalue weighted by atomic mass is 10.3. The predicted octanol–water partition coefficient (Wildman–Crippen LogP) is 1.22. The van der Waals surface area contributed by atoms with E-state index in [0.717, 1.165) is 6.42 Å². The SMILES string of the molecule is CCC(Cn1cc([N+](=O)[O-])cn1)OC. The highest BCUT2D eigenvalue weighted by molar-refractivity contribution is 5.20. The van der Waals surface area contributed by atoms with Crippen LogP contribution in [0.5, 0.6) is 0 Å². The third kappa shape index (κ3) is 2.53. The maximum absolute atomic E-state index is 10.4. The van der Waals surface area contributed by atoms with Gasteiger partial charge in [0.25, 0.3) is 0 Å². The minimum Gasteiger partial charge on any atom is -0.380 e. The number of nitrogens with zero attached hydrogens (tertiary/aromatic N) is 3. The van der Waals surface area contributed by atoms with Crippen molar-refractivity contribution in [2.24, 2.45) is 0 Å². The quantitative estimate of drug-likeness (QED) is 0.528. The summed E-state index contributed by atoms with van der Waals surface area (Å²) in [5.41, 5.74) is 0.0101. The van der Waals surface area contributed by atoms with Crippen LogP contribution < -0.4 is 0 Å². The standard InChI is InChI=1S/C8H13N3O3/c1-3-8(14-2)6-10-5-7(4-9-10)11(12)13/h4-5,8H,3,6H2,1-2H3. The molecule has 0 aliphatic carbocycles. The minimum atomic E-state index is -0.461. The summed E-state index contributed by atoms with van der Waals surface area (Å²) in [7, 11) is 1.62. The van der Waals surface area contributed by atoms with Crippen molar-refractivity contribution in [1.82, 2.24) is 9.78 Å².